The first kappa shape index (κ1) is 26.0. The van der Waals surface area contributed by atoms with Crippen molar-refractivity contribution in [3.63, 3.8) is 0 Å². The summed E-state index contributed by atoms with van der Waals surface area (Å²) in [7, 11) is 2.17. The first-order valence-electron chi connectivity index (χ1n) is 13.6. The zero-order chi connectivity index (χ0) is 27.5. The molecule has 1 fully saturated rings. The molecule has 4 heterocycles. The van der Waals surface area contributed by atoms with Gasteiger partial charge in [-0.3, -0.25) is 19.7 Å². The average Bonchev–Trinajstić information content (AvgIpc) is 3.45. The summed E-state index contributed by atoms with van der Waals surface area (Å²) in [5.74, 6) is 1.72. The van der Waals surface area contributed by atoms with Gasteiger partial charge in [-0.25, -0.2) is 4.98 Å². The molecule has 0 N–H and O–H groups in total. The third-order valence-corrected chi connectivity index (χ3v) is 7.52. The van der Waals surface area contributed by atoms with Crippen LogP contribution in [0.25, 0.3) is 11.4 Å². The summed E-state index contributed by atoms with van der Waals surface area (Å²) in [4.78, 5) is 35.9. The molecule has 0 saturated carbocycles. The predicted molar refractivity (Wildman–Crippen MR) is 155 cm³/mol. The lowest BCUT2D eigenvalue weighted by Crippen LogP contribution is -2.43. The summed E-state index contributed by atoms with van der Waals surface area (Å²) in [6, 6.07) is 17.5. The van der Waals surface area contributed by atoms with Crippen molar-refractivity contribution in [3.8, 4) is 23.0 Å². The largest absolute Gasteiger partial charge is 0.438 e. The summed E-state index contributed by atoms with van der Waals surface area (Å²) < 4.78 is 6.25. The maximum absolute atomic E-state index is 13.2. The molecule has 0 unspecified atom stereocenters. The number of ether oxygens (including phenoxy) is 1. The summed E-state index contributed by atoms with van der Waals surface area (Å²) in [6.07, 6.45) is 5.47. The van der Waals surface area contributed by atoms with Crippen LogP contribution in [-0.4, -0.2) is 70.0 Å². The molecule has 8 nitrogen and oxygen atoms in total. The normalized spacial score (nSPS) is 15.2. The Bertz CT molecular complexity index is 1560. The van der Waals surface area contributed by atoms with E-state index in [0.29, 0.717) is 30.4 Å². The number of pyridine rings is 1. The molecule has 0 spiro atoms. The van der Waals surface area contributed by atoms with Crippen LogP contribution in [0.4, 0.5) is 0 Å². The van der Waals surface area contributed by atoms with Crippen molar-refractivity contribution < 1.29 is 9.53 Å². The highest BCUT2D eigenvalue weighted by Gasteiger charge is 2.20. The van der Waals surface area contributed by atoms with Gasteiger partial charge in [0, 0.05) is 68.9 Å². The van der Waals surface area contributed by atoms with Crippen LogP contribution in [0, 0.1) is 6.92 Å². The maximum atomic E-state index is 13.2. The molecule has 0 amide bonds. The Balaban J connectivity index is 1.16. The second-order valence-corrected chi connectivity index (χ2v) is 10.5. The molecule has 2 aliphatic heterocycles. The van der Waals surface area contributed by atoms with Crippen molar-refractivity contribution in [3.05, 3.63) is 101 Å². The molecule has 8 heteroatoms. The van der Waals surface area contributed by atoms with Crippen molar-refractivity contribution in [2.24, 2.45) is 4.99 Å². The van der Waals surface area contributed by atoms with Gasteiger partial charge in [-0.1, -0.05) is 24.3 Å². The highest BCUT2D eigenvalue weighted by molar-refractivity contribution is 5.97. The van der Waals surface area contributed by atoms with Crippen molar-refractivity contribution in [1.82, 2.24) is 24.8 Å². The van der Waals surface area contributed by atoms with Gasteiger partial charge in [0.25, 0.3) is 0 Å². The van der Waals surface area contributed by atoms with Crippen LogP contribution in [0.1, 0.15) is 38.3 Å². The second-order valence-electron chi connectivity index (χ2n) is 10.5. The minimum absolute atomic E-state index is 0.0847. The third-order valence-electron chi connectivity index (χ3n) is 7.52. The number of hydrogen-bond donors (Lipinski definition) is 0. The number of aromatic nitrogens is 3. The number of Topliss-reactive ketones (excluding diaryl/α,β-unsaturated/α-hetero) is 1. The number of carbonyl (C=O) groups excluding carboxylic acids is 1. The first-order chi connectivity index (χ1) is 19.5. The minimum Gasteiger partial charge on any atom is -0.438 e. The fraction of sp³-hybridized carbons (Fsp3) is 0.281. The molecular formula is C32H32N6O2. The zero-order valence-electron chi connectivity index (χ0n) is 22.9. The van der Waals surface area contributed by atoms with E-state index in [4.69, 9.17) is 4.74 Å². The first-order valence-corrected chi connectivity index (χ1v) is 13.6. The molecule has 2 aromatic heterocycles. The summed E-state index contributed by atoms with van der Waals surface area (Å²) >= 11 is 0. The van der Waals surface area contributed by atoms with E-state index in [1.807, 2.05) is 48.5 Å². The van der Waals surface area contributed by atoms with Gasteiger partial charge >= 0.3 is 0 Å². The van der Waals surface area contributed by atoms with Gasteiger partial charge in [0.1, 0.15) is 5.75 Å². The smallest absolute Gasteiger partial charge is 0.232 e. The number of rotatable bonds is 8. The van der Waals surface area contributed by atoms with Crippen molar-refractivity contribution >= 4 is 12.0 Å². The van der Waals surface area contributed by atoms with Crippen LogP contribution in [0.15, 0.2) is 72.0 Å². The Kier molecular flexibility index (Phi) is 7.44. The van der Waals surface area contributed by atoms with E-state index in [2.05, 4.69) is 49.8 Å². The number of ketones is 1. The van der Waals surface area contributed by atoms with Crippen LogP contribution in [0.2, 0.25) is 0 Å². The van der Waals surface area contributed by atoms with E-state index in [9.17, 15) is 4.79 Å². The molecule has 0 radical (unpaired) electrons. The van der Waals surface area contributed by atoms with Crippen LogP contribution < -0.4 is 4.74 Å². The lowest BCUT2D eigenvalue weighted by Gasteiger charge is -2.32. The van der Waals surface area contributed by atoms with Gasteiger partial charge in [0.15, 0.2) is 11.6 Å². The van der Waals surface area contributed by atoms with E-state index in [-0.39, 0.29) is 5.78 Å². The Morgan fingerprint density at radius 2 is 1.80 bits per heavy atom. The molecule has 4 aromatic rings. The molecule has 6 rings (SSSR count). The van der Waals surface area contributed by atoms with E-state index in [1.54, 1.807) is 18.6 Å². The summed E-state index contributed by atoms with van der Waals surface area (Å²) in [5, 5.41) is 0. The van der Waals surface area contributed by atoms with Gasteiger partial charge in [-0.15, -0.1) is 0 Å². The molecule has 2 aliphatic rings. The highest BCUT2D eigenvalue weighted by atomic mass is 16.5. The maximum Gasteiger partial charge on any atom is 0.232 e. The molecular weight excluding hydrogens is 500 g/mol. The lowest BCUT2D eigenvalue weighted by molar-refractivity contribution is 0.0993. The van der Waals surface area contributed by atoms with Gasteiger partial charge in [0.05, 0.1) is 17.8 Å². The predicted octanol–water partition coefficient (Wildman–Crippen LogP) is 4.74. The van der Waals surface area contributed by atoms with Crippen molar-refractivity contribution in [2.45, 2.75) is 26.4 Å². The van der Waals surface area contributed by atoms with Crippen molar-refractivity contribution in [1.29, 1.82) is 0 Å². The van der Waals surface area contributed by atoms with Crippen LogP contribution in [0.3, 0.4) is 0 Å². The Morgan fingerprint density at radius 3 is 2.60 bits per heavy atom. The fourth-order valence-corrected chi connectivity index (χ4v) is 5.09. The Hall–Kier alpha value is -4.27. The molecule has 40 heavy (non-hydrogen) atoms. The number of piperazine rings is 1. The monoisotopic (exact) mass is 532 g/mol. The number of aliphatic imine (C=N–C) groups is 1. The summed E-state index contributed by atoms with van der Waals surface area (Å²) in [6.45, 7) is 7.85. The molecule has 0 aliphatic carbocycles. The van der Waals surface area contributed by atoms with Gasteiger partial charge in [0.2, 0.25) is 5.88 Å². The van der Waals surface area contributed by atoms with Crippen LogP contribution in [0.5, 0.6) is 11.6 Å². The number of carbonyl (C=O) groups is 1. The molecule has 0 atom stereocenters. The molecule has 1 saturated heterocycles. The highest BCUT2D eigenvalue weighted by Crippen LogP contribution is 2.30. The molecule has 2 aromatic carbocycles. The third kappa shape index (κ3) is 5.83. The topological polar surface area (TPSA) is 83.8 Å². The Labute approximate surface area is 234 Å². The molecule has 202 valence electrons. The number of hydrogen-bond acceptors (Lipinski definition) is 8. The number of aryl methyl sites for hydroxylation is 1. The van der Waals surface area contributed by atoms with Crippen LogP contribution in [-0.2, 0) is 19.5 Å². The van der Waals surface area contributed by atoms with E-state index >= 15 is 0 Å². The van der Waals surface area contributed by atoms with Crippen LogP contribution >= 0.6 is 0 Å². The standard InChI is InChI=1S/C32H32N6O2/c1-22-16-25(6-7-26(22)21-38-14-12-37(2)13-15-38)30(39)18-23-4-3-5-27(17-23)40-32-28-19-34-20-29(28)35-31(36-32)24-8-10-33-11-9-24/h3-11,16-17,19H,12-15,18,20-21H2,1-2H3. The quantitative estimate of drug-likeness (QED) is 0.303. The fourth-order valence-electron chi connectivity index (χ4n) is 5.09. The minimum atomic E-state index is 0.0847. The van der Waals surface area contributed by atoms with Gasteiger partial charge < -0.3 is 9.64 Å². The lowest BCUT2D eigenvalue weighted by atomic mass is 9.98. The number of nitrogens with zero attached hydrogens (tertiary/aromatic N) is 6. The summed E-state index contributed by atoms with van der Waals surface area (Å²) in [5.41, 5.74) is 6.53. The molecule has 0 bridgehead atoms. The average molecular weight is 533 g/mol. The number of benzene rings is 2. The Morgan fingerprint density at radius 1 is 0.975 bits per heavy atom. The number of fused-ring (bicyclic) bond motifs is 1. The van der Waals surface area contributed by atoms with E-state index < -0.39 is 0 Å². The van der Waals surface area contributed by atoms with E-state index in [1.165, 1.54) is 5.56 Å². The van der Waals surface area contributed by atoms with Crippen molar-refractivity contribution in [2.75, 3.05) is 33.2 Å². The van der Waals surface area contributed by atoms with E-state index in [0.717, 1.165) is 66.2 Å². The van der Waals surface area contributed by atoms with Gasteiger partial charge in [-0.05, 0) is 61.0 Å². The SMILES string of the molecule is Cc1cc(C(=O)Cc2cccc(Oc3nc(-c4ccncc4)nc4c3C=NC4)c2)ccc1CN1CCN(C)CC1. The van der Waals surface area contributed by atoms with Gasteiger partial charge in [-0.2, -0.15) is 4.98 Å². The second kappa shape index (κ2) is 11.5. The zero-order valence-corrected chi connectivity index (χ0v) is 22.9. The number of likely N-dealkylation sites (N-methyl/N-ethyl adjacent to an activating group) is 1.